The molecule has 0 saturated heterocycles. The molecule has 0 radical (unpaired) electrons. The Labute approximate surface area is 158 Å². The van der Waals surface area contributed by atoms with Crippen LogP contribution in [0.3, 0.4) is 0 Å². The zero-order chi connectivity index (χ0) is 19.1. The van der Waals surface area contributed by atoms with Gasteiger partial charge in [-0.25, -0.2) is 0 Å². The first-order valence-electron chi connectivity index (χ1n) is 8.79. The molecule has 0 fully saturated rings. The van der Waals surface area contributed by atoms with Crippen LogP contribution in [-0.2, 0) is 6.54 Å². The van der Waals surface area contributed by atoms with Gasteiger partial charge in [0.15, 0.2) is 0 Å². The lowest BCUT2D eigenvalue weighted by atomic mass is 10.1. The fourth-order valence-electron chi connectivity index (χ4n) is 2.50. The van der Waals surface area contributed by atoms with Crippen LogP contribution in [-0.4, -0.2) is 11.6 Å². The van der Waals surface area contributed by atoms with Gasteiger partial charge in [0, 0.05) is 12.6 Å². The fourth-order valence-corrected chi connectivity index (χ4v) is 2.50. The van der Waals surface area contributed by atoms with E-state index in [0.29, 0.717) is 24.9 Å². The van der Waals surface area contributed by atoms with Gasteiger partial charge in [-0.1, -0.05) is 42.0 Å². The summed E-state index contributed by atoms with van der Waals surface area (Å²) >= 11 is 0. The molecule has 0 saturated carbocycles. The average Bonchev–Trinajstić information content (AvgIpc) is 3.09. The lowest BCUT2D eigenvalue weighted by molar-refractivity contribution is 0.340. The molecule has 0 spiro atoms. The van der Waals surface area contributed by atoms with E-state index in [2.05, 4.69) is 16.4 Å². The van der Waals surface area contributed by atoms with Crippen LogP contribution in [0, 0.1) is 18.3 Å². The molecule has 0 aliphatic rings. The molecule has 0 aliphatic carbocycles. The highest BCUT2D eigenvalue weighted by Gasteiger charge is 2.11. The first-order chi connectivity index (χ1) is 13.2. The SMILES string of the molecule is CCOc1ccc(/C=C/c2nc(C#N)c(NCc3ccc(C)cc3)o2)cc1. The maximum absolute atomic E-state index is 9.28. The highest BCUT2D eigenvalue weighted by molar-refractivity contribution is 5.67. The van der Waals surface area contributed by atoms with Crippen molar-refractivity contribution in [1.82, 2.24) is 4.98 Å². The standard InChI is InChI=1S/C22H21N3O2/c1-3-26-19-11-8-17(9-12-19)10-13-21-25-20(14-23)22(27-21)24-15-18-6-4-16(2)5-7-18/h4-13,24H,3,15H2,1-2H3/b13-10+. The molecule has 1 heterocycles. The third-order valence-corrected chi connectivity index (χ3v) is 3.93. The van der Waals surface area contributed by atoms with E-state index in [1.165, 1.54) is 5.56 Å². The van der Waals surface area contributed by atoms with Crippen molar-refractivity contribution in [3.05, 3.63) is 76.8 Å². The third kappa shape index (κ3) is 4.99. The molecule has 0 aliphatic heterocycles. The number of nitrogens with zero attached hydrogens (tertiary/aromatic N) is 2. The Kier molecular flexibility index (Phi) is 5.91. The van der Waals surface area contributed by atoms with Gasteiger partial charge < -0.3 is 14.5 Å². The number of nitriles is 1. The van der Waals surface area contributed by atoms with Crippen LogP contribution in [0.15, 0.2) is 52.9 Å². The van der Waals surface area contributed by atoms with E-state index in [0.717, 1.165) is 16.9 Å². The van der Waals surface area contributed by atoms with E-state index in [1.807, 2.05) is 68.5 Å². The molecule has 0 bridgehead atoms. The molecular formula is C22H21N3O2. The maximum Gasteiger partial charge on any atom is 0.232 e. The van der Waals surface area contributed by atoms with E-state index in [9.17, 15) is 5.26 Å². The number of nitrogens with one attached hydrogen (secondary N) is 1. The first kappa shape index (κ1) is 18.3. The van der Waals surface area contributed by atoms with E-state index in [-0.39, 0.29) is 5.69 Å². The van der Waals surface area contributed by atoms with Crippen molar-refractivity contribution in [2.24, 2.45) is 0 Å². The minimum atomic E-state index is 0.244. The summed E-state index contributed by atoms with van der Waals surface area (Å²) in [5.41, 5.74) is 3.54. The zero-order valence-corrected chi connectivity index (χ0v) is 15.4. The number of aromatic nitrogens is 1. The molecule has 0 unspecified atom stereocenters. The Morgan fingerprint density at radius 2 is 1.85 bits per heavy atom. The molecule has 3 rings (SSSR count). The normalized spacial score (nSPS) is 10.7. The summed E-state index contributed by atoms with van der Waals surface area (Å²) in [7, 11) is 0. The number of oxazole rings is 1. The highest BCUT2D eigenvalue weighted by atomic mass is 16.5. The number of rotatable bonds is 7. The Hall–Kier alpha value is -3.52. The van der Waals surface area contributed by atoms with Gasteiger partial charge in [0.2, 0.25) is 17.5 Å². The Balaban J connectivity index is 1.68. The second kappa shape index (κ2) is 8.72. The smallest absolute Gasteiger partial charge is 0.232 e. The fraction of sp³-hybridized carbons (Fsp3) is 0.182. The molecule has 136 valence electrons. The van der Waals surface area contributed by atoms with Crippen LogP contribution < -0.4 is 10.1 Å². The van der Waals surface area contributed by atoms with E-state index in [4.69, 9.17) is 9.15 Å². The molecule has 5 heteroatoms. The van der Waals surface area contributed by atoms with Crippen molar-refractivity contribution >= 4 is 18.0 Å². The average molecular weight is 359 g/mol. The van der Waals surface area contributed by atoms with E-state index in [1.54, 1.807) is 6.08 Å². The molecule has 0 atom stereocenters. The summed E-state index contributed by atoms with van der Waals surface area (Å²) in [6.07, 6.45) is 3.63. The lowest BCUT2D eigenvalue weighted by Gasteiger charge is -2.03. The van der Waals surface area contributed by atoms with Crippen molar-refractivity contribution in [3.8, 4) is 11.8 Å². The second-order valence-electron chi connectivity index (χ2n) is 6.02. The van der Waals surface area contributed by atoms with Gasteiger partial charge in [0.05, 0.1) is 6.61 Å². The first-order valence-corrected chi connectivity index (χ1v) is 8.79. The third-order valence-electron chi connectivity index (χ3n) is 3.93. The van der Waals surface area contributed by atoms with Gasteiger partial charge in [0.25, 0.3) is 0 Å². The zero-order valence-electron chi connectivity index (χ0n) is 15.4. The van der Waals surface area contributed by atoms with Crippen molar-refractivity contribution in [2.45, 2.75) is 20.4 Å². The van der Waals surface area contributed by atoms with Crippen molar-refractivity contribution in [3.63, 3.8) is 0 Å². The van der Waals surface area contributed by atoms with Gasteiger partial charge in [-0.15, -0.1) is 0 Å². The van der Waals surface area contributed by atoms with Crippen LogP contribution in [0.25, 0.3) is 12.2 Å². The van der Waals surface area contributed by atoms with Gasteiger partial charge >= 0.3 is 0 Å². The van der Waals surface area contributed by atoms with Gasteiger partial charge in [-0.2, -0.15) is 10.2 Å². The number of anilines is 1. The topological polar surface area (TPSA) is 71.1 Å². The van der Waals surface area contributed by atoms with Crippen molar-refractivity contribution in [2.75, 3.05) is 11.9 Å². The molecule has 1 N–H and O–H groups in total. The highest BCUT2D eigenvalue weighted by Crippen LogP contribution is 2.20. The quantitative estimate of drug-likeness (QED) is 0.640. The van der Waals surface area contributed by atoms with Crippen molar-refractivity contribution in [1.29, 1.82) is 5.26 Å². The summed E-state index contributed by atoms with van der Waals surface area (Å²) in [5.74, 6) is 1.59. The second-order valence-corrected chi connectivity index (χ2v) is 6.02. The molecule has 2 aromatic carbocycles. The molecule has 27 heavy (non-hydrogen) atoms. The molecule has 0 amide bonds. The van der Waals surface area contributed by atoms with Gasteiger partial charge in [-0.3, -0.25) is 0 Å². The largest absolute Gasteiger partial charge is 0.494 e. The summed E-state index contributed by atoms with van der Waals surface area (Å²) in [4.78, 5) is 4.22. The lowest BCUT2D eigenvalue weighted by Crippen LogP contribution is -1.99. The Morgan fingerprint density at radius 1 is 1.11 bits per heavy atom. The molecule has 3 aromatic rings. The monoisotopic (exact) mass is 359 g/mol. The Morgan fingerprint density at radius 3 is 2.52 bits per heavy atom. The van der Waals surface area contributed by atoms with Crippen LogP contribution in [0.5, 0.6) is 5.75 Å². The molecular weight excluding hydrogens is 338 g/mol. The Bertz CT molecular complexity index is 949. The minimum Gasteiger partial charge on any atom is -0.494 e. The van der Waals surface area contributed by atoms with Gasteiger partial charge in [-0.05, 0) is 43.2 Å². The number of hydrogen-bond donors (Lipinski definition) is 1. The van der Waals surface area contributed by atoms with Crippen molar-refractivity contribution < 1.29 is 9.15 Å². The number of ether oxygens (including phenoxy) is 1. The van der Waals surface area contributed by atoms with Crippen LogP contribution in [0.1, 0.15) is 35.2 Å². The number of benzene rings is 2. The van der Waals surface area contributed by atoms with Gasteiger partial charge in [0.1, 0.15) is 11.8 Å². The molecule has 1 aromatic heterocycles. The maximum atomic E-state index is 9.28. The van der Waals surface area contributed by atoms with E-state index < -0.39 is 0 Å². The van der Waals surface area contributed by atoms with Crippen LogP contribution in [0.2, 0.25) is 0 Å². The van der Waals surface area contributed by atoms with Crippen LogP contribution >= 0.6 is 0 Å². The minimum absolute atomic E-state index is 0.244. The summed E-state index contributed by atoms with van der Waals surface area (Å²) < 4.78 is 11.1. The molecule has 5 nitrogen and oxygen atoms in total. The number of aryl methyl sites for hydroxylation is 1. The summed E-state index contributed by atoms with van der Waals surface area (Å²) in [6.45, 7) is 5.20. The summed E-state index contributed by atoms with van der Waals surface area (Å²) in [5, 5.41) is 12.4. The number of hydrogen-bond acceptors (Lipinski definition) is 5. The van der Waals surface area contributed by atoms with E-state index >= 15 is 0 Å². The van der Waals surface area contributed by atoms with Crippen LogP contribution in [0.4, 0.5) is 5.88 Å². The predicted molar refractivity (Wildman–Crippen MR) is 106 cm³/mol. The predicted octanol–water partition coefficient (Wildman–Crippen LogP) is 5.04. The summed E-state index contributed by atoms with van der Waals surface area (Å²) in [6, 6.07) is 18.0.